The van der Waals surface area contributed by atoms with Gasteiger partial charge in [0.05, 0.1) is 0 Å². The summed E-state index contributed by atoms with van der Waals surface area (Å²) in [7, 11) is 0. The van der Waals surface area contributed by atoms with Gasteiger partial charge in [-0.05, 0) is 0 Å². The molecule has 0 aromatic heterocycles. The zero-order chi connectivity index (χ0) is 4.28. The van der Waals surface area contributed by atoms with Crippen LogP contribution in [0, 0.1) is 0 Å². The van der Waals surface area contributed by atoms with Crippen LogP contribution >= 0.6 is 0 Å². The summed E-state index contributed by atoms with van der Waals surface area (Å²) in [5.41, 5.74) is 0. The molecule has 0 rings (SSSR count). The van der Waals surface area contributed by atoms with Gasteiger partial charge >= 0.3 is 5.97 Å². The van der Waals surface area contributed by atoms with E-state index in [2.05, 4.69) is 0 Å². The minimum Gasteiger partial charge on any atom is -0.481 e. The minimum atomic E-state index is -0.745. The van der Waals surface area contributed by atoms with Crippen LogP contribution in [0.5, 0.6) is 0 Å². The minimum absolute atomic E-state index is 0. The Balaban J connectivity index is 0. The van der Waals surface area contributed by atoms with Crippen molar-refractivity contribution in [2.24, 2.45) is 0 Å². The maximum Gasteiger partial charge on any atom is 0.303 e. The van der Waals surface area contributed by atoms with Crippen molar-refractivity contribution in [2.45, 2.75) is 13.3 Å². The molecule has 0 spiro atoms. The topological polar surface area (TPSA) is 37.3 Å². The average Bonchev–Trinajstić information content (AvgIpc) is 1.38. The first-order valence-corrected chi connectivity index (χ1v) is 1.49. The molecular formula is C3H6O2Ru. The Morgan fingerprint density at radius 2 is 2.00 bits per heavy atom. The molecule has 38 valence electrons. The maximum absolute atomic E-state index is 9.37. The summed E-state index contributed by atoms with van der Waals surface area (Å²) in [6, 6.07) is 0. The second-order valence-corrected chi connectivity index (χ2v) is 0.747. The first-order chi connectivity index (χ1) is 2.27. The molecule has 0 bridgehead atoms. The van der Waals surface area contributed by atoms with Crippen molar-refractivity contribution >= 4 is 5.97 Å². The molecule has 3 heteroatoms. The van der Waals surface area contributed by atoms with Crippen molar-refractivity contribution < 1.29 is 29.4 Å². The molecule has 0 fully saturated rings. The van der Waals surface area contributed by atoms with Gasteiger partial charge in [0, 0.05) is 25.9 Å². The fourth-order valence-corrected chi connectivity index (χ4v) is 0. The zero-order valence-electron chi connectivity index (χ0n) is 3.42. The van der Waals surface area contributed by atoms with Crippen molar-refractivity contribution in [3.63, 3.8) is 0 Å². The Kier molecular flexibility index (Phi) is 8.01. The molecule has 0 unspecified atom stereocenters. The summed E-state index contributed by atoms with van der Waals surface area (Å²) in [6.45, 7) is 1.60. The van der Waals surface area contributed by atoms with Crippen LogP contribution < -0.4 is 0 Å². The van der Waals surface area contributed by atoms with Gasteiger partial charge in [-0.25, -0.2) is 0 Å². The fraction of sp³-hybridized carbons (Fsp3) is 0.667. The first-order valence-electron chi connectivity index (χ1n) is 1.49. The summed E-state index contributed by atoms with van der Waals surface area (Å²) in [4.78, 5) is 9.37. The molecule has 1 N–H and O–H groups in total. The van der Waals surface area contributed by atoms with E-state index in [4.69, 9.17) is 5.11 Å². The molecule has 0 heterocycles. The van der Waals surface area contributed by atoms with E-state index in [1.165, 1.54) is 0 Å². The van der Waals surface area contributed by atoms with E-state index in [9.17, 15) is 4.79 Å². The number of carboxylic acids is 1. The van der Waals surface area contributed by atoms with Crippen molar-refractivity contribution in [3.05, 3.63) is 0 Å². The smallest absolute Gasteiger partial charge is 0.303 e. The zero-order valence-corrected chi connectivity index (χ0v) is 5.15. The predicted molar refractivity (Wildman–Crippen MR) is 17.9 cm³/mol. The second-order valence-electron chi connectivity index (χ2n) is 0.747. The number of hydrogen-bond donors (Lipinski definition) is 1. The number of hydrogen-bond acceptors (Lipinski definition) is 1. The van der Waals surface area contributed by atoms with Crippen LogP contribution in [-0.2, 0) is 24.3 Å². The third-order valence-corrected chi connectivity index (χ3v) is 0.302. The third kappa shape index (κ3) is 8.94. The van der Waals surface area contributed by atoms with Gasteiger partial charge in [0.1, 0.15) is 0 Å². The Morgan fingerprint density at radius 1 is 1.83 bits per heavy atom. The number of aliphatic carboxylic acids is 1. The van der Waals surface area contributed by atoms with Crippen LogP contribution in [0.15, 0.2) is 0 Å². The Labute approximate surface area is 49.3 Å². The Hall–Kier alpha value is 0.0934. The maximum atomic E-state index is 9.37. The normalized spacial score (nSPS) is 6.17. The van der Waals surface area contributed by atoms with E-state index in [0.717, 1.165) is 0 Å². The van der Waals surface area contributed by atoms with Crippen molar-refractivity contribution in [2.75, 3.05) is 0 Å². The van der Waals surface area contributed by atoms with E-state index >= 15 is 0 Å². The van der Waals surface area contributed by atoms with Crippen LogP contribution in [0.25, 0.3) is 0 Å². The van der Waals surface area contributed by atoms with Gasteiger partial charge in [-0.15, -0.1) is 0 Å². The largest absolute Gasteiger partial charge is 0.481 e. The molecule has 0 saturated carbocycles. The summed E-state index contributed by atoms with van der Waals surface area (Å²) in [5, 5.41) is 7.72. The summed E-state index contributed by atoms with van der Waals surface area (Å²) >= 11 is 0. The number of rotatable bonds is 1. The molecule has 0 aliphatic rings. The standard InChI is InChI=1S/C3H6O2.Ru/c1-2-3(4)5;/h2H2,1H3,(H,4,5);. The van der Waals surface area contributed by atoms with E-state index < -0.39 is 5.97 Å². The molecule has 0 aliphatic carbocycles. The third-order valence-electron chi connectivity index (χ3n) is 0.302. The van der Waals surface area contributed by atoms with Gasteiger partial charge in [0.25, 0.3) is 0 Å². The van der Waals surface area contributed by atoms with Crippen LogP contribution in [0.3, 0.4) is 0 Å². The molecule has 6 heavy (non-hydrogen) atoms. The molecule has 0 radical (unpaired) electrons. The fourth-order valence-electron chi connectivity index (χ4n) is 0. The van der Waals surface area contributed by atoms with Crippen LogP contribution in [0.2, 0.25) is 0 Å². The molecule has 0 atom stereocenters. The van der Waals surface area contributed by atoms with Crippen molar-refractivity contribution in [1.29, 1.82) is 0 Å². The van der Waals surface area contributed by atoms with E-state index in [1.54, 1.807) is 6.92 Å². The van der Waals surface area contributed by atoms with E-state index in [-0.39, 0.29) is 25.9 Å². The second kappa shape index (κ2) is 5.09. The van der Waals surface area contributed by atoms with Gasteiger partial charge in [-0.2, -0.15) is 0 Å². The van der Waals surface area contributed by atoms with Crippen LogP contribution in [0.1, 0.15) is 13.3 Å². The summed E-state index contributed by atoms with van der Waals surface area (Å²) in [5.74, 6) is -0.745. The van der Waals surface area contributed by atoms with Gasteiger partial charge in [0.2, 0.25) is 0 Å². The van der Waals surface area contributed by atoms with Gasteiger partial charge < -0.3 is 5.11 Å². The monoisotopic (exact) mass is 176 g/mol. The van der Waals surface area contributed by atoms with E-state index in [0.29, 0.717) is 0 Å². The molecule has 0 aromatic carbocycles. The predicted octanol–water partition coefficient (Wildman–Crippen LogP) is 0.478. The molecule has 0 aromatic rings. The number of carboxylic acid groups (broad SMARTS) is 1. The van der Waals surface area contributed by atoms with Gasteiger partial charge in [0.15, 0.2) is 0 Å². The Bertz CT molecular complexity index is 44.1. The van der Waals surface area contributed by atoms with Gasteiger partial charge in [-0.1, -0.05) is 6.92 Å². The van der Waals surface area contributed by atoms with E-state index in [1.807, 2.05) is 0 Å². The molecular weight excluding hydrogens is 169 g/mol. The van der Waals surface area contributed by atoms with Gasteiger partial charge in [-0.3, -0.25) is 4.79 Å². The Morgan fingerprint density at radius 3 is 2.00 bits per heavy atom. The average molecular weight is 175 g/mol. The first kappa shape index (κ1) is 9.43. The molecule has 0 saturated heterocycles. The van der Waals surface area contributed by atoms with Crippen LogP contribution in [-0.4, -0.2) is 11.1 Å². The number of carbonyl (C=O) groups is 1. The molecule has 0 amide bonds. The molecule has 0 aliphatic heterocycles. The SMILES string of the molecule is CCC(=O)O.[Ru]. The molecule has 2 nitrogen and oxygen atoms in total. The summed E-state index contributed by atoms with van der Waals surface area (Å²) < 4.78 is 0. The van der Waals surface area contributed by atoms with Crippen LogP contribution in [0.4, 0.5) is 0 Å². The summed E-state index contributed by atoms with van der Waals surface area (Å²) in [6.07, 6.45) is 0.222. The quantitative estimate of drug-likeness (QED) is 0.588. The van der Waals surface area contributed by atoms with Crippen molar-refractivity contribution in [3.8, 4) is 0 Å². The van der Waals surface area contributed by atoms with Crippen molar-refractivity contribution in [1.82, 2.24) is 0 Å².